The minimum absolute atomic E-state index is 0.0749. The Balaban J connectivity index is 2.02. The van der Waals surface area contributed by atoms with Crippen LogP contribution >= 0.6 is 23.4 Å². The van der Waals surface area contributed by atoms with Gasteiger partial charge in [-0.15, -0.1) is 0 Å². The molecule has 0 bridgehead atoms. The van der Waals surface area contributed by atoms with Gasteiger partial charge in [-0.3, -0.25) is 14.5 Å². The maximum absolute atomic E-state index is 13.2. The number of nitrogens with zero attached hydrogens (tertiary/aromatic N) is 2. The molecule has 1 aliphatic heterocycles. The minimum Gasteiger partial charge on any atom is -0.354 e. The molecule has 5 nitrogen and oxygen atoms in total. The summed E-state index contributed by atoms with van der Waals surface area (Å²) in [5.74, 6) is -0.683. The Kier molecular flexibility index (Phi) is 6.08. The zero-order valence-corrected chi connectivity index (χ0v) is 17.0. The van der Waals surface area contributed by atoms with E-state index < -0.39 is 11.2 Å². The second-order valence-electron chi connectivity index (χ2n) is 6.27. The lowest BCUT2D eigenvalue weighted by molar-refractivity contribution is -0.117. The van der Waals surface area contributed by atoms with Crippen molar-refractivity contribution in [1.82, 2.24) is 5.32 Å². The van der Waals surface area contributed by atoms with Gasteiger partial charge in [0.15, 0.2) is 0 Å². The van der Waals surface area contributed by atoms with Crippen LogP contribution in [-0.4, -0.2) is 24.1 Å². The molecule has 2 aromatic carbocycles. The number of nitrogens with one attached hydrogen (secondary N) is 1. The number of carbonyl (C=O) groups excluding carboxylic acids is 2. The summed E-state index contributed by atoms with van der Waals surface area (Å²) in [7, 11) is 1.46. The Hall–Kier alpha value is -2.75. The highest BCUT2D eigenvalue weighted by Gasteiger charge is 2.40. The van der Waals surface area contributed by atoms with E-state index >= 15 is 0 Å². The van der Waals surface area contributed by atoms with E-state index in [2.05, 4.69) is 5.32 Å². The van der Waals surface area contributed by atoms with Crippen LogP contribution in [0.3, 0.4) is 0 Å². The van der Waals surface area contributed by atoms with E-state index in [1.54, 1.807) is 12.1 Å². The average molecular weight is 412 g/mol. The summed E-state index contributed by atoms with van der Waals surface area (Å²) < 4.78 is 0. The second-order valence-corrected chi connectivity index (χ2v) is 7.87. The summed E-state index contributed by atoms with van der Waals surface area (Å²) in [5, 5.41) is 12.6. The summed E-state index contributed by atoms with van der Waals surface area (Å²) in [6.45, 7) is 1.92. The Morgan fingerprint density at radius 3 is 2.61 bits per heavy atom. The fourth-order valence-corrected chi connectivity index (χ4v) is 4.41. The molecular formula is C21H18ClN3O2S. The van der Waals surface area contributed by atoms with Crippen molar-refractivity contribution in [2.75, 3.05) is 11.9 Å². The second kappa shape index (κ2) is 8.51. The maximum atomic E-state index is 13.2. The summed E-state index contributed by atoms with van der Waals surface area (Å²) in [6, 6.07) is 16.7. The number of thioether (sulfide) groups is 1. The van der Waals surface area contributed by atoms with Crippen molar-refractivity contribution in [2.45, 2.75) is 18.6 Å². The molecule has 0 saturated carbocycles. The molecule has 1 N–H and O–H groups in total. The Morgan fingerprint density at radius 2 is 2.00 bits per heavy atom. The molecule has 0 spiro atoms. The van der Waals surface area contributed by atoms with E-state index in [9.17, 15) is 14.9 Å². The number of anilines is 1. The lowest BCUT2D eigenvalue weighted by Crippen LogP contribution is -2.31. The van der Waals surface area contributed by atoms with Gasteiger partial charge >= 0.3 is 0 Å². The van der Waals surface area contributed by atoms with E-state index in [4.69, 9.17) is 11.6 Å². The van der Waals surface area contributed by atoms with E-state index in [1.165, 1.54) is 23.7 Å². The number of rotatable bonds is 4. The first-order valence-electron chi connectivity index (χ1n) is 8.63. The van der Waals surface area contributed by atoms with Crippen molar-refractivity contribution in [2.24, 2.45) is 0 Å². The fraction of sp³-hybridized carbons (Fsp3) is 0.190. The summed E-state index contributed by atoms with van der Waals surface area (Å²) in [5.41, 5.74) is 2.44. The minimum atomic E-state index is -0.516. The average Bonchev–Trinajstić information content (AvgIpc) is 3.01. The van der Waals surface area contributed by atoms with Crippen LogP contribution < -0.4 is 10.2 Å². The number of halogens is 1. The lowest BCUT2D eigenvalue weighted by atomic mass is 10.1. The maximum Gasteiger partial charge on any atom is 0.264 e. The summed E-state index contributed by atoms with van der Waals surface area (Å²) in [6.07, 6.45) is 0.447. The molecule has 1 unspecified atom stereocenters. The van der Waals surface area contributed by atoms with Crippen LogP contribution in [0.25, 0.3) is 0 Å². The standard InChI is InChI=1S/C21H18ClN3O2S/c1-13-8-9-14(10-17(13)22)11-18-20(27)25(15-6-4-3-5-7-15)21(28-18)16(12-23)19(26)24-2/h3-10,18H,11H2,1-2H3,(H,24,26). The number of nitriles is 1. The van der Waals surface area contributed by atoms with Crippen molar-refractivity contribution in [3.8, 4) is 6.07 Å². The normalized spacial score (nSPS) is 18.0. The van der Waals surface area contributed by atoms with Crippen LogP contribution in [0.4, 0.5) is 5.69 Å². The SMILES string of the molecule is CNC(=O)C(C#N)=C1SC(Cc2ccc(C)c(Cl)c2)C(=O)N1c1ccccc1. The first-order chi connectivity index (χ1) is 13.5. The number of likely N-dealkylation sites (N-methyl/N-ethyl adjacent to an activating group) is 1. The van der Waals surface area contributed by atoms with Gasteiger partial charge in [0, 0.05) is 17.8 Å². The van der Waals surface area contributed by atoms with Crippen LogP contribution in [0.2, 0.25) is 5.02 Å². The molecule has 3 rings (SSSR count). The van der Waals surface area contributed by atoms with Crippen LogP contribution in [0.15, 0.2) is 59.1 Å². The topological polar surface area (TPSA) is 73.2 Å². The molecule has 142 valence electrons. The van der Waals surface area contributed by atoms with Gasteiger partial charge in [0.1, 0.15) is 16.7 Å². The van der Waals surface area contributed by atoms with Crippen molar-refractivity contribution in [3.63, 3.8) is 0 Å². The smallest absolute Gasteiger partial charge is 0.264 e. The first kappa shape index (κ1) is 20.0. The molecule has 1 heterocycles. The highest BCUT2D eigenvalue weighted by atomic mass is 35.5. The molecule has 2 amide bonds. The van der Waals surface area contributed by atoms with Crippen LogP contribution in [-0.2, 0) is 16.0 Å². The highest BCUT2D eigenvalue weighted by Crippen LogP contribution is 2.42. The van der Waals surface area contributed by atoms with Crippen molar-refractivity contribution >= 4 is 40.9 Å². The first-order valence-corrected chi connectivity index (χ1v) is 9.89. The lowest BCUT2D eigenvalue weighted by Gasteiger charge is -2.18. The Morgan fingerprint density at radius 1 is 1.29 bits per heavy atom. The van der Waals surface area contributed by atoms with Crippen molar-refractivity contribution in [1.29, 1.82) is 5.26 Å². The van der Waals surface area contributed by atoms with Gasteiger partial charge in [0.2, 0.25) is 5.91 Å². The zero-order valence-electron chi connectivity index (χ0n) is 15.4. The van der Waals surface area contributed by atoms with E-state index in [-0.39, 0.29) is 11.5 Å². The summed E-state index contributed by atoms with van der Waals surface area (Å²) in [4.78, 5) is 26.9. The molecule has 0 aliphatic carbocycles. The molecule has 1 fully saturated rings. The highest BCUT2D eigenvalue weighted by molar-refractivity contribution is 8.05. The molecule has 7 heteroatoms. The van der Waals surface area contributed by atoms with Crippen LogP contribution in [0.1, 0.15) is 11.1 Å². The monoisotopic (exact) mass is 411 g/mol. The fourth-order valence-electron chi connectivity index (χ4n) is 2.90. The van der Waals surface area contributed by atoms with Gasteiger partial charge < -0.3 is 5.32 Å². The largest absolute Gasteiger partial charge is 0.354 e. The molecule has 1 atom stereocenters. The number of hydrogen-bond donors (Lipinski definition) is 1. The zero-order chi connectivity index (χ0) is 20.3. The number of aryl methyl sites for hydroxylation is 1. The van der Waals surface area contributed by atoms with Gasteiger partial charge in [-0.05, 0) is 42.7 Å². The van der Waals surface area contributed by atoms with Gasteiger partial charge in [0.25, 0.3) is 5.91 Å². The van der Waals surface area contributed by atoms with E-state index in [0.29, 0.717) is 22.2 Å². The molecule has 1 saturated heterocycles. The van der Waals surface area contributed by atoms with Gasteiger partial charge in [-0.2, -0.15) is 5.26 Å². The number of benzene rings is 2. The third kappa shape index (κ3) is 3.91. The van der Waals surface area contributed by atoms with Crippen LogP contribution in [0.5, 0.6) is 0 Å². The van der Waals surface area contributed by atoms with E-state index in [0.717, 1.165) is 11.1 Å². The van der Waals surface area contributed by atoms with Crippen molar-refractivity contribution < 1.29 is 9.59 Å². The molecule has 0 aromatic heterocycles. The van der Waals surface area contributed by atoms with Gasteiger partial charge in [0.05, 0.1) is 5.25 Å². The predicted molar refractivity (Wildman–Crippen MR) is 112 cm³/mol. The number of carbonyl (C=O) groups is 2. The molecule has 28 heavy (non-hydrogen) atoms. The van der Waals surface area contributed by atoms with Crippen LogP contribution in [0, 0.1) is 18.3 Å². The van der Waals surface area contributed by atoms with Gasteiger partial charge in [-0.25, -0.2) is 0 Å². The molecule has 2 aromatic rings. The Labute approximate surface area is 173 Å². The van der Waals surface area contributed by atoms with E-state index in [1.807, 2.05) is 49.4 Å². The third-order valence-electron chi connectivity index (χ3n) is 4.40. The predicted octanol–water partition coefficient (Wildman–Crippen LogP) is 3.82. The molecular weight excluding hydrogens is 394 g/mol. The molecule has 1 aliphatic rings. The quantitative estimate of drug-likeness (QED) is 0.613. The van der Waals surface area contributed by atoms with Gasteiger partial charge in [-0.1, -0.05) is 53.7 Å². The number of amides is 2. The number of para-hydroxylation sites is 1. The van der Waals surface area contributed by atoms with Crippen molar-refractivity contribution in [3.05, 3.63) is 75.3 Å². The third-order valence-corrected chi connectivity index (χ3v) is 6.07. The Bertz CT molecular complexity index is 998. The number of hydrogen-bond acceptors (Lipinski definition) is 4. The summed E-state index contributed by atoms with van der Waals surface area (Å²) >= 11 is 7.45. The molecule has 0 radical (unpaired) electrons.